The first-order valence-corrected chi connectivity index (χ1v) is 8.33. The molecule has 0 aromatic carbocycles. The molecule has 0 radical (unpaired) electrons. The second-order valence-electron chi connectivity index (χ2n) is 3.55. The highest BCUT2D eigenvalue weighted by Gasteiger charge is 2.13. The van der Waals surface area contributed by atoms with Crippen LogP contribution < -0.4 is 0 Å². The maximum atomic E-state index is 9.58. The molecule has 5 heteroatoms. The zero-order chi connectivity index (χ0) is 11.6. The van der Waals surface area contributed by atoms with E-state index in [-0.39, 0.29) is 0 Å². The molecule has 0 saturated carbocycles. The van der Waals surface area contributed by atoms with Gasteiger partial charge in [0.05, 0.1) is 13.2 Å². The third-order valence-electron chi connectivity index (χ3n) is 2.00. The van der Waals surface area contributed by atoms with E-state index in [0.29, 0.717) is 13.2 Å². The van der Waals surface area contributed by atoms with E-state index < -0.39 is 6.72 Å². The lowest BCUT2D eigenvalue weighted by molar-refractivity contribution is 0.192. The molecule has 0 amide bonds. The molecule has 1 atom stereocenters. The molecule has 0 aliphatic heterocycles. The Morgan fingerprint density at radius 2 is 1.47 bits per heavy atom. The van der Waals surface area contributed by atoms with Crippen molar-refractivity contribution in [3.8, 4) is 0 Å². The van der Waals surface area contributed by atoms with Gasteiger partial charge in [-0.1, -0.05) is 39.5 Å². The van der Waals surface area contributed by atoms with Crippen molar-refractivity contribution in [2.45, 2.75) is 52.4 Å². The summed E-state index contributed by atoms with van der Waals surface area (Å²) in [6.45, 7) is 2.30. The molecular weight excluding hydrogens is 231 g/mol. The van der Waals surface area contributed by atoms with Gasteiger partial charge >= 0.3 is 6.72 Å². The molecule has 0 aromatic heterocycles. The number of rotatable bonds is 10. The van der Waals surface area contributed by atoms with E-state index in [1.54, 1.807) is 0 Å². The lowest BCUT2D eigenvalue weighted by atomic mass is 10.2. The Morgan fingerprint density at radius 1 is 0.933 bits per heavy atom. The standard InChI is InChI=1S/C10H23O3PS/c1-3-5-7-8-10-13-14(11,15)12-9-6-4-2/h3-10H2,1-2H3,(H,11,15). The second kappa shape index (κ2) is 9.73. The highest BCUT2D eigenvalue weighted by Crippen LogP contribution is 2.43. The fourth-order valence-corrected chi connectivity index (χ4v) is 2.31. The van der Waals surface area contributed by atoms with E-state index in [0.717, 1.165) is 25.7 Å². The van der Waals surface area contributed by atoms with Crippen molar-refractivity contribution < 1.29 is 13.9 Å². The summed E-state index contributed by atoms with van der Waals surface area (Å²) < 4.78 is 10.3. The Balaban J connectivity index is 3.43. The van der Waals surface area contributed by atoms with Crippen molar-refractivity contribution in [3.63, 3.8) is 0 Å². The molecule has 0 rings (SSSR count). The van der Waals surface area contributed by atoms with Gasteiger partial charge in [-0.2, -0.15) is 0 Å². The summed E-state index contributed by atoms with van der Waals surface area (Å²) >= 11 is 4.86. The summed E-state index contributed by atoms with van der Waals surface area (Å²) in [4.78, 5) is 9.58. The molecule has 0 aliphatic rings. The summed E-state index contributed by atoms with van der Waals surface area (Å²) in [5, 5.41) is 0. The molecule has 0 fully saturated rings. The van der Waals surface area contributed by atoms with Crippen LogP contribution in [0.4, 0.5) is 0 Å². The van der Waals surface area contributed by atoms with E-state index in [1.807, 2.05) is 0 Å². The lowest BCUT2D eigenvalue weighted by Crippen LogP contribution is -1.98. The summed E-state index contributed by atoms with van der Waals surface area (Å²) in [6, 6.07) is 0. The molecule has 0 heterocycles. The zero-order valence-corrected chi connectivity index (χ0v) is 11.5. The molecule has 0 aliphatic carbocycles. The van der Waals surface area contributed by atoms with Crippen LogP contribution in [0.25, 0.3) is 0 Å². The van der Waals surface area contributed by atoms with Crippen LogP contribution >= 0.6 is 6.72 Å². The van der Waals surface area contributed by atoms with Crippen LogP contribution in [0.15, 0.2) is 0 Å². The first-order chi connectivity index (χ1) is 7.12. The number of unbranched alkanes of at least 4 members (excludes halogenated alkanes) is 4. The fourth-order valence-electron chi connectivity index (χ4n) is 1.07. The van der Waals surface area contributed by atoms with Crippen LogP contribution in [0, 0.1) is 0 Å². The minimum Gasteiger partial charge on any atom is -0.324 e. The molecule has 1 N–H and O–H groups in total. The quantitative estimate of drug-likeness (QED) is 0.477. The average molecular weight is 254 g/mol. The van der Waals surface area contributed by atoms with Crippen LogP contribution in [0.3, 0.4) is 0 Å². The Hall–Kier alpha value is 0.530. The first-order valence-electron chi connectivity index (χ1n) is 5.74. The van der Waals surface area contributed by atoms with E-state index >= 15 is 0 Å². The van der Waals surface area contributed by atoms with Crippen LogP contribution in [-0.2, 0) is 20.9 Å². The van der Waals surface area contributed by atoms with E-state index in [1.165, 1.54) is 12.8 Å². The minimum atomic E-state index is -2.94. The lowest BCUT2D eigenvalue weighted by Gasteiger charge is -2.15. The molecule has 0 spiro atoms. The Labute approximate surface area is 98.4 Å². The molecule has 0 bridgehead atoms. The van der Waals surface area contributed by atoms with Gasteiger partial charge in [-0.25, -0.2) is 0 Å². The first kappa shape index (κ1) is 15.5. The largest absolute Gasteiger partial charge is 0.324 e. The summed E-state index contributed by atoms with van der Waals surface area (Å²) in [7, 11) is 0. The monoisotopic (exact) mass is 254 g/mol. The topological polar surface area (TPSA) is 38.7 Å². The normalized spacial score (nSPS) is 15.1. The van der Waals surface area contributed by atoms with Gasteiger partial charge < -0.3 is 13.9 Å². The van der Waals surface area contributed by atoms with E-state index in [4.69, 9.17) is 20.9 Å². The Bertz CT molecular complexity index is 188. The van der Waals surface area contributed by atoms with Crippen molar-refractivity contribution in [3.05, 3.63) is 0 Å². The van der Waals surface area contributed by atoms with Crippen LogP contribution in [0.1, 0.15) is 52.4 Å². The molecular formula is C10H23O3PS. The maximum absolute atomic E-state index is 9.58. The summed E-state index contributed by atoms with van der Waals surface area (Å²) in [5.41, 5.74) is 0. The maximum Gasteiger partial charge on any atom is 0.324 e. The van der Waals surface area contributed by atoms with Gasteiger partial charge in [-0.05, 0) is 24.6 Å². The summed E-state index contributed by atoms with van der Waals surface area (Å²) in [6.07, 6.45) is 6.42. The predicted octanol–water partition coefficient (Wildman–Crippen LogP) is 3.62. The number of hydrogen-bond acceptors (Lipinski definition) is 3. The molecule has 15 heavy (non-hydrogen) atoms. The van der Waals surface area contributed by atoms with Gasteiger partial charge in [-0.15, -0.1) is 0 Å². The van der Waals surface area contributed by atoms with Gasteiger partial charge in [0.2, 0.25) is 0 Å². The third kappa shape index (κ3) is 10.8. The van der Waals surface area contributed by atoms with Gasteiger partial charge in [0.15, 0.2) is 0 Å². The van der Waals surface area contributed by atoms with Gasteiger partial charge in [-0.3, -0.25) is 0 Å². The van der Waals surface area contributed by atoms with Crippen LogP contribution in [-0.4, -0.2) is 18.1 Å². The molecule has 1 unspecified atom stereocenters. The van der Waals surface area contributed by atoms with Crippen LogP contribution in [0.2, 0.25) is 0 Å². The Morgan fingerprint density at radius 3 is 2.00 bits per heavy atom. The molecule has 0 saturated heterocycles. The predicted molar refractivity (Wildman–Crippen MR) is 67.5 cm³/mol. The molecule has 92 valence electrons. The highest BCUT2D eigenvalue weighted by molar-refractivity contribution is 8.07. The summed E-state index contributed by atoms with van der Waals surface area (Å²) in [5.74, 6) is 0. The SMILES string of the molecule is CCCCCCOP(O)(=S)OCCCC. The van der Waals surface area contributed by atoms with E-state index in [2.05, 4.69) is 13.8 Å². The zero-order valence-electron chi connectivity index (χ0n) is 9.78. The smallest absolute Gasteiger partial charge is 0.324 e. The molecule has 0 aromatic rings. The van der Waals surface area contributed by atoms with Crippen molar-refractivity contribution in [2.24, 2.45) is 0 Å². The van der Waals surface area contributed by atoms with Crippen LogP contribution in [0.5, 0.6) is 0 Å². The van der Waals surface area contributed by atoms with Crippen molar-refractivity contribution in [1.29, 1.82) is 0 Å². The van der Waals surface area contributed by atoms with E-state index in [9.17, 15) is 4.89 Å². The number of hydrogen-bond donors (Lipinski definition) is 1. The second-order valence-corrected chi connectivity index (χ2v) is 6.39. The average Bonchev–Trinajstić information content (AvgIpc) is 2.17. The van der Waals surface area contributed by atoms with Crippen molar-refractivity contribution in [2.75, 3.05) is 13.2 Å². The van der Waals surface area contributed by atoms with Gasteiger partial charge in [0.1, 0.15) is 0 Å². The Kier molecular flexibility index (Phi) is 10.1. The molecule has 3 nitrogen and oxygen atoms in total. The van der Waals surface area contributed by atoms with Crippen molar-refractivity contribution in [1.82, 2.24) is 0 Å². The van der Waals surface area contributed by atoms with Crippen molar-refractivity contribution >= 4 is 18.5 Å². The highest BCUT2D eigenvalue weighted by atomic mass is 32.5. The minimum absolute atomic E-state index is 0.499. The van der Waals surface area contributed by atoms with Gasteiger partial charge in [0.25, 0.3) is 0 Å². The van der Waals surface area contributed by atoms with Gasteiger partial charge in [0, 0.05) is 0 Å². The fraction of sp³-hybridized carbons (Fsp3) is 1.00. The third-order valence-corrected chi connectivity index (χ3v) is 3.65.